The molecule has 2 atom stereocenters. The van der Waals surface area contributed by atoms with Gasteiger partial charge in [-0.15, -0.1) is 11.3 Å². The van der Waals surface area contributed by atoms with E-state index in [2.05, 4.69) is 15.6 Å². The summed E-state index contributed by atoms with van der Waals surface area (Å²) in [6.45, 7) is 11.6. The van der Waals surface area contributed by atoms with Crippen LogP contribution in [0.4, 0.5) is 28.9 Å². The Kier molecular flexibility index (Phi) is 16.2. The van der Waals surface area contributed by atoms with Crippen LogP contribution in [-0.2, 0) is 36.6 Å². The highest BCUT2D eigenvalue weighted by Gasteiger charge is 2.51. The molecular weight excluding hydrogens is 971 g/mol. The number of thiocarbonyl (C=S) groups is 1. The molecule has 0 bridgehead atoms. The van der Waals surface area contributed by atoms with E-state index in [1.807, 2.05) is 57.5 Å². The molecule has 13 nitrogen and oxygen atoms in total. The van der Waals surface area contributed by atoms with Crippen LogP contribution in [0, 0.1) is 29.5 Å². The van der Waals surface area contributed by atoms with Crippen LogP contribution in [0.25, 0.3) is 21.6 Å². The molecule has 2 N–H and O–H groups in total. The van der Waals surface area contributed by atoms with Gasteiger partial charge in [-0.1, -0.05) is 57.2 Å². The summed E-state index contributed by atoms with van der Waals surface area (Å²) in [6, 6.07) is 21.9. The molecule has 0 saturated carbocycles. The standard InChI is InChI=1S/C53H55F4N7O6S2/c1-32-45(72-31-60-32)35-13-11-33(12-14-35)29-59-47(66)43-10-9-23-62(43)48(67)46(51(2,3)4)61-44(65)30-69-24-7-8-25-70-39-21-22-40(42(54)27-39)34-15-18-37(19-16-34)64-50(71)63(49(68)52(64,5)6)38-20-17-36(28-58)41(26-38)53(55,56)57/h11-22,26-27,31,43,46H,7-10,23-25,29-30H2,1-6H3,(H,59,66)(H,61,65)/t43-,46?/m0/s1. The third-order valence-electron chi connectivity index (χ3n) is 12.6. The fourth-order valence-electron chi connectivity index (χ4n) is 8.71. The Hall–Kier alpha value is -6.75. The summed E-state index contributed by atoms with van der Waals surface area (Å²) in [4.78, 5) is 63.6. The second kappa shape index (κ2) is 21.9. The van der Waals surface area contributed by atoms with Gasteiger partial charge < -0.3 is 29.9 Å². The quantitative estimate of drug-likeness (QED) is 0.0522. The molecule has 4 aromatic carbocycles. The minimum Gasteiger partial charge on any atom is -0.493 e. The van der Waals surface area contributed by atoms with Crippen molar-refractivity contribution in [2.75, 3.05) is 36.2 Å². The number of carbonyl (C=O) groups is 4. The number of unbranched alkanes of at least 4 members (excludes halogenated alkanes) is 1. The number of ether oxygens (including phenoxy) is 2. The maximum atomic E-state index is 15.5. The van der Waals surface area contributed by atoms with Crippen molar-refractivity contribution in [3.05, 3.63) is 119 Å². The van der Waals surface area contributed by atoms with Crippen LogP contribution in [0.1, 0.15) is 82.7 Å². The number of aromatic nitrogens is 1. The third-order valence-corrected chi connectivity index (χ3v) is 13.9. The van der Waals surface area contributed by atoms with Gasteiger partial charge in [0.25, 0.3) is 5.91 Å². The van der Waals surface area contributed by atoms with Gasteiger partial charge in [-0.3, -0.25) is 24.1 Å². The van der Waals surface area contributed by atoms with Gasteiger partial charge in [0.1, 0.15) is 35.8 Å². The van der Waals surface area contributed by atoms with Crippen LogP contribution in [0.3, 0.4) is 0 Å². The van der Waals surface area contributed by atoms with Gasteiger partial charge in [0.05, 0.1) is 45.6 Å². The Balaban J connectivity index is 0.847. The molecule has 5 aromatic rings. The number of alkyl halides is 3. The van der Waals surface area contributed by atoms with Gasteiger partial charge in [-0.25, -0.2) is 9.37 Å². The molecule has 378 valence electrons. The SMILES string of the molecule is Cc1ncsc1-c1ccc(CNC(=O)[C@@H]2CCCN2C(=O)C(NC(=O)COCCCCOc2ccc(-c3ccc(N4C(=S)N(c5ccc(C#N)c(C(F)(F)F)c5)C(=O)C4(C)C)cc3)c(F)c2)C(C)(C)C)cc1. The van der Waals surface area contributed by atoms with Crippen molar-refractivity contribution < 1.29 is 46.2 Å². The summed E-state index contributed by atoms with van der Waals surface area (Å²) in [6.07, 6.45) is -2.58. The van der Waals surface area contributed by atoms with Crippen LogP contribution in [0.15, 0.2) is 90.4 Å². The lowest BCUT2D eigenvalue weighted by Gasteiger charge is -2.35. The Bertz CT molecular complexity index is 2880. The van der Waals surface area contributed by atoms with Crippen molar-refractivity contribution in [2.24, 2.45) is 5.41 Å². The van der Waals surface area contributed by atoms with Crippen molar-refractivity contribution in [2.45, 2.75) is 97.6 Å². The molecule has 0 aliphatic carbocycles. The maximum absolute atomic E-state index is 15.5. The third kappa shape index (κ3) is 11.8. The van der Waals surface area contributed by atoms with E-state index >= 15 is 4.39 Å². The summed E-state index contributed by atoms with van der Waals surface area (Å²) < 4.78 is 68.2. The number of nitrogens with one attached hydrogen (secondary N) is 2. The van der Waals surface area contributed by atoms with Gasteiger partial charge in [0.2, 0.25) is 17.7 Å². The molecule has 7 rings (SSSR count). The average Bonchev–Trinajstić information content (AvgIpc) is 4.05. The molecular formula is C53H55F4N7O6S2. The summed E-state index contributed by atoms with van der Waals surface area (Å²) in [5.41, 5.74) is 2.15. The molecule has 2 aliphatic heterocycles. The van der Waals surface area contributed by atoms with Crippen molar-refractivity contribution in [3.8, 4) is 33.4 Å². The van der Waals surface area contributed by atoms with Crippen LogP contribution in [0.5, 0.6) is 5.75 Å². The van der Waals surface area contributed by atoms with Gasteiger partial charge in [0, 0.05) is 37.0 Å². The number of amides is 4. The first-order chi connectivity index (χ1) is 34.1. The number of hydrogen-bond acceptors (Lipinski definition) is 10. The first kappa shape index (κ1) is 53.1. The van der Waals surface area contributed by atoms with Crippen molar-refractivity contribution in [1.82, 2.24) is 20.5 Å². The van der Waals surface area contributed by atoms with Gasteiger partial charge in [0.15, 0.2) is 5.11 Å². The number of hydrogen-bond donors (Lipinski definition) is 2. The number of thiazole rings is 1. The normalized spacial score (nSPS) is 16.2. The summed E-state index contributed by atoms with van der Waals surface area (Å²) in [5.74, 6) is -1.85. The maximum Gasteiger partial charge on any atom is 0.417 e. The second-order valence-electron chi connectivity index (χ2n) is 19.2. The monoisotopic (exact) mass is 1030 g/mol. The van der Waals surface area contributed by atoms with E-state index in [1.54, 1.807) is 66.5 Å². The van der Waals surface area contributed by atoms with E-state index in [9.17, 15) is 37.6 Å². The van der Waals surface area contributed by atoms with Crippen molar-refractivity contribution in [1.29, 1.82) is 5.26 Å². The van der Waals surface area contributed by atoms with Crippen LogP contribution < -0.4 is 25.2 Å². The zero-order valence-corrected chi connectivity index (χ0v) is 42.3. The topological polar surface area (TPSA) is 157 Å². The molecule has 0 radical (unpaired) electrons. The molecule has 2 aliphatic rings. The lowest BCUT2D eigenvalue weighted by molar-refractivity contribution is -0.144. The van der Waals surface area contributed by atoms with Crippen LogP contribution >= 0.6 is 23.6 Å². The van der Waals surface area contributed by atoms with E-state index < -0.39 is 58.0 Å². The summed E-state index contributed by atoms with van der Waals surface area (Å²) >= 11 is 7.21. The number of nitrogens with zero attached hydrogens (tertiary/aromatic N) is 5. The molecule has 19 heteroatoms. The highest BCUT2D eigenvalue weighted by Crippen LogP contribution is 2.40. The highest BCUT2D eigenvalue weighted by molar-refractivity contribution is 7.81. The predicted molar refractivity (Wildman–Crippen MR) is 270 cm³/mol. The Labute approximate surface area is 425 Å². The molecule has 4 amide bonds. The molecule has 72 heavy (non-hydrogen) atoms. The Morgan fingerprint density at radius 2 is 1.64 bits per heavy atom. The molecule has 3 heterocycles. The molecule has 0 spiro atoms. The lowest BCUT2D eigenvalue weighted by atomic mass is 9.85. The zero-order valence-electron chi connectivity index (χ0n) is 40.7. The van der Waals surface area contributed by atoms with E-state index in [1.165, 1.54) is 23.1 Å². The van der Waals surface area contributed by atoms with Gasteiger partial charge in [-0.05, 0) is 123 Å². The number of benzene rings is 4. The van der Waals surface area contributed by atoms with Crippen LogP contribution in [-0.4, -0.2) is 82.6 Å². The fourth-order valence-corrected chi connectivity index (χ4v) is 10.0. The fraction of sp³-hybridized carbons (Fsp3) is 0.377. The van der Waals surface area contributed by atoms with Gasteiger partial charge >= 0.3 is 6.18 Å². The number of nitriles is 1. The lowest BCUT2D eigenvalue weighted by Crippen LogP contribution is -2.58. The van der Waals surface area contributed by atoms with Crippen LogP contribution in [0.2, 0.25) is 0 Å². The molecule has 1 aromatic heterocycles. The number of anilines is 2. The van der Waals surface area contributed by atoms with Crippen molar-refractivity contribution in [3.63, 3.8) is 0 Å². The second-order valence-corrected chi connectivity index (χ2v) is 20.4. The minimum absolute atomic E-state index is 0.0634. The average molecular weight is 1030 g/mol. The highest BCUT2D eigenvalue weighted by atomic mass is 32.1. The first-order valence-corrected chi connectivity index (χ1v) is 24.7. The smallest absolute Gasteiger partial charge is 0.417 e. The number of likely N-dealkylation sites (tertiary alicyclic amines) is 1. The van der Waals surface area contributed by atoms with E-state index in [-0.39, 0.29) is 48.0 Å². The minimum atomic E-state index is -4.83. The molecule has 2 fully saturated rings. The Morgan fingerprint density at radius 1 is 0.958 bits per heavy atom. The first-order valence-electron chi connectivity index (χ1n) is 23.4. The summed E-state index contributed by atoms with van der Waals surface area (Å²) in [7, 11) is 0. The Morgan fingerprint density at radius 3 is 2.28 bits per heavy atom. The number of carbonyl (C=O) groups excluding carboxylic acids is 4. The summed E-state index contributed by atoms with van der Waals surface area (Å²) in [5, 5.41) is 15.0. The number of aryl methyl sites for hydroxylation is 1. The zero-order chi connectivity index (χ0) is 52.1. The number of rotatable bonds is 17. The van der Waals surface area contributed by atoms with Crippen molar-refractivity contribution >= 4 is 63.7 Å². The van der Waals surface area contributed by atoms with Gasteiger partial charge in [-0.2, -0.15) is 18.4 Å². The predicted octanol–water partition coefficient (Wildman–Crippen LogP) is 9.75. The van der Waals surface area contributed by atoms with E-state index in [0.29, 0.717) is 55.8 Å². The van der Waals surface area contributed by atoms with E-state index in [0.717, 1.165) is 38.7 Å². The molecule has 1 unspecified atom stereocenters. The molecule has 2 saturated heterocycles. The number of halogens is 4. The van der Waals surface area contributed by atoms with E-state index in [4.69, 9.17) is 21.7 Å². The largest absolute Gasteiger partial charge is 0.493 e.